The Bertz CT molecular complexity index is 337. The van der Waals surface area contributed by atoms with Crippen LogP contribution in [0.4, 0.5) is 0 Å². The van der Waals surface area contributed by atoms with E-state index in [-0.39, 0.29) is 11.8 Å². The van der Waals surface area contributed by atoms with Crippen molar-refractivity contribution in [1.82, 2.24) is 0 Å². The van der Waals surface area contributed by atoms with Gasteiger partial charge in [0, 0.05) is 0 Å². The molecular weight excluding hydrogens is 207 g/mol. The van der Waals surface area contributed by atoms with Crippen LogP contribution in [0.1, 0.15) is 19.8 Å². The molecule has 2 nitrogen and oxygen atoms in total. The molecule has 1 aromatic carbocycles. The van der Waals surface area contributed by atoms with E-state index in [1.54, 1.807) is 0 Å². The molecule has 1 aliphatic heterocycles. The van der Waals surface area contributed by atoms with Gasteiger partial charge in [0.15, 0.2) is 0 Å². The van der Waals surface area contributed by atoms with Crippen molar-refractivity contribution in [3.8, 4) is 0 Å². The molecule has 0 N–H and O–H groups in total. The molecule has 0 saturated carbocycles. The SMILES string of the molecule is CCC[C@@H]1OC(=O)C[P@]1c1ccccc1. The van der Waals surface area contributed by atoms with E-state index in [1.807, 2.05) is 18.2 Å². The van der Waals surface area contributed by atoms with E-state index in [4.69, 9.17) is 4.74 Å². The molecule has 15 heavy (non-hydrogen) atoms. The highest BCUT2D eigenvalue weighted by Crippen LogP contribution is 2.47. The first kappa shape index (κ1) is 10.6. The third-order valence-electron chi connectivity index (χ3n) is 2.54. The summed E-state index contributed by atoms with van der Waals surface area (Å²) in [5.41, 5.74) is 0. The van der Waals surface area contributed by atoms with Gasteiger partial charge >= 0.3 is 5.97 Å². The van der Waals surface area contributed by atoms with Gasteiger partial charge in [-0.25, -0.2) is 0 Å². The molecule has 1 saturated heterocycles. The van der Waals surface area contributed by atoms with Crippen LogP contribution in [0, 0.1) is 0 Å². The van der Waals surface area contributed by atoms with Crippen LogP contribution in [0.3, 0.4) is 0 Å². The molecule has 1 aliphatic rings. The fourth-order valence-electron chi connectivity index (χ4n) is 1.83. The quantitative estimate of drug-likeness (QED) is 0.580. The first-order valence-electron chi connectivity index (χ1n) is 5.32. The van der Waals surface area contributed by atoms with Crippen molar-refractivity contribution >= 4 is 19.2 Å². The second-order valence-electron chi connectivity index (χ2n) is 3.70. The Hall–Kier alpha value is -0.880. The van der Waals surface area contributed by atoms with Crippen LogP contribution in [-0.2, 0) is 9.53 Å². The summed E-state index contributed by atoms with van der Waals surface area (Å²) in [5, 5.41) is 1.29. The van der Waals surface area contributed by atoms with Gasteiger partial charge in [0.2, 0.25) is 0 Å². The van der Waals surface area contributed by atoms with E-state index in [0.717, 1.165) is 12.8 Å². The lowest BCUT2D eigenvalue weighted by molar-refractivity contribution is -0.140. The number of cyclic esters (lactones) is 1. The average molecular weight is 222 g/mol. The Morgan fingerprint density at radius 3 is 2.80 bits per heavy atom. The fraction of sp³-hybridized carbons (Fsp3) is 0.417. The summed E-state index contributed by atoms with van der Waals surface area (Å²) < 4.78 is 5.36. The number of carbonyl (C=O) groups is 1. The number of benzene rings is 1. The summed E-state index contributed by atoms with van der Waals surface area (Å²) in [6, 6.07) is 10.3. The van der Waals surface area contributed by atoms with E-state index < -0.39 is 7.92 Å². The minimum atomic E-state index is -0.421. The molecule has 0 bridgehead atoms. The predicted octanol–water partition coefficient (Wildman–Crippen LogP) is 2.48. The van der Waals surface area contributed by atoms with E-state index in [2.05, 4.69) is 19.1 Å². The van der Waals surface area contributed by atoms with Crippen LogP contribution in [0.25, 0.3) is 0 Å². The van der Waals surface area contributed by atoms with E-state index in [9.17, 15) is 4.79 Å². The smallest absolute Gasteiger partial charge is 0.311 e. The van der Waals surface area contributed by atoms with E-state index >= 15 is 0 Å². The number of ether oxygens (including phenoxy) is 1. The standard InChI is InChI=1S/C12H15O2P/c1-2-6-12-14-11(13)9-15(12)10-7-4-3-5-8-10/h3-5,7-8,12H,2,6,9H2,1H3/t12-,15-/m1/s1. The molecule has 2 atom stereocenters. The normalized spacial score (nSPS) is 25.3. The molecule has 1 heterocycles. The second kappa shape index (κ2) is 4.76. The van der Waals surface area contributed by atoms with Crippen molar-refractivity contribution in [2.45, 2.75) is 25.6 Å². The number of rotatable bonds is 3. The summed E-state index contributed by atoms with van der Waals surface area (Å²) in [6.45, 7) is 2.13. The summed E-state index contributed by atoms with van der Waals surface area (Å²) in [6.07, 6.45) is 2.67. The maximum Gasteiger partial charge on any atom is 0.311 e. The summed E-state index contributed by atoms with van der Waals surface area (Å²) in [7, 11) is -0.421. The van der Waals surface area contributed by atoms with Gasteiger partial charge in [0.25, 0.3) is 0 Å². The van der Waals surface area contributed by atoms with Crippen LogP contribution >= 0.6 is 7.92 Å². The third-order valence-corrected chi connectivity index (χ3v) is 5.16. The fourth-order valence-corrected chi connectivity index (χ4v) is 4.27. The largest absolute Gasteiger partial charge is 0.457 e. The highest BCUT2D eigenvalue weighted by atomic mass is 31.1. The zero-order chi connectivity index (χ0) is 10.7. The first-order valence-corrected chi connectivity index (χ1v) is 6.92. The van der Waals surface area contributed by atoms with E-state index in [1.165, 1.54) is 5.30 Å². The third kappa shape index (κ3) is 2.38. The van der Waals surface area contributed by atoms with Gasteiger partial charge in [0.05, 0.1) is 6.16 Å². The van der Waals surface area contributed by atoms with Crippen molar-refractivity contribution in [2.24, 2.45) is 0 Å². The lowest BCUT2D eigenvalue weighted by Gasteiger charge is -2.17. The summed E-state index contributed by atoms with van der Waals surface area (Å²) >= 11 is 0. The van der Waals surface area contributed by atoms with Gasteiger partial charge in [-0.15, -0.1) is 0 Å². The minimum Gasteiger partial charge on any atom is -0.457 e. The lowest BCUT2D eigenvalue weighted by Crippen LogP contribution is -2.10. The van der Waals surface area contributed by atoms with Gasteiger partial charge in [-0.2, -0.15) is 0 Å². The van der Waals surface area contributed by atoms with Gasteiger partial charge in [0.1, 0.15) is 5.85 Å². The zero-order valence-electron chi connectivity index (χ0n) is 8.85. The molecule has 80 valence electrons. The van der Waals surface area contributed by atoms with E-state index in [0.29, 0.717) is 6.16 Å². The van der Waals surface area contributed by atoms with Crippen molar-refractivity contribution in [2.75, 3.05) is 6.16 Å². The van der Waals surface area contributed by atoms with Crippen LogP contribution in [-0.4, -0.2) is 18.0 Å². The van der Waals surface area contributed by atoms with Gasteiger partial charge in [-0.3, -0.25) is 4.79 Å². The van der Waals surface area contributed by atoms with Crippen molar-refractivity contribution in [3.05, 3.63) is 30.3 Å². The lowest BCUT2D eigenvalue weighted by atomic mass is 10.3. The highest BCUT2D eigenvalue weighted by Gasteiger charge is 2.34. The van der Waals surface area contributed by atoms with Crippen LogP contribution in [0.2, 0.25) is 0 Å². The van der Waals surface area contributed by atoms with Gasteiger partial charge in [-0.05, 0) is 19.6 Å². The van der Waals surface area contributed by atoms with Gasteiger partial charge < -0.3 is 4.74 Å². The minimum absolute atomic E-state index is 0.0246. The molecule has 0 radical (unpaired) electrons. The molecule has 0 aromatic heterocycles. The second-order valence-corrected chi connectivity index (χ2v) is 6.04. The molecule has 1 fully saturated rings. The summed E-state index contributed by atoms with van der Waals surface area (Å²) in [5.74, 6) is 0.128. The van der Waals surface area contributed by atoms with Crippen molar-refractivity contribution in [1.29, 1.82) is 0 Å². The number of hydrogen-bond donors (Lipinski definition) is 0. The molecule has 1 aromatic rings. The van der Waals surface area contributed by atoms with Gasteiger partial charge in [-0.1, -0.05) is 43.7 Å². The van der Waals surface area contributed by atoms with Crippen LogP contribution in [0.5, 0.6) is 0 Å². The predicted molar refractivity (Wildman–Crippen MR) is 62.7 cm³/mol. The Kier molecular flexibility index (Phi) is 3.37. The number of carbonyl (C=O) groups excluding carboxylic acids is 1. The molecular formula is C12H15O2P. The maximum atomic E-state index is 11.3. The maximum absolute atomic E-state index is 11.3. The van der Waals surface area contributed by atoms with Crippen molar-refractivity contribution in [3.63, 3.8) is 0 Å². The molecule has 2 rings (SSSR count). The Morgan fingerprint density at radius 2 is 2.13 bits per heavy atom. The molecule has 0 spiro atoms. The highest BCUT2D eigenvalue weighted by molar-refractivity contribution is 7.67. The molecule has 0 aliphatic carbocycles. The topological polar surface area (TPSA) is 26.3 Å². The Balaban J connectivity index is 2.17. The molecule has 3 heteroatoms. The molecule has 0 amide bonds. The van der Waals surface area contributed by atoms with Crippen LogP contribution in [0.15, 0.2) is 30.3 Å². The number of hydrogen-bond acceptors (Lipinski definition) is 2. The first-order chi connectivity index (χ1) is 7.31. The Morgan fingerprint density at radius 1 is 1.40 bits per heavy atom. The molecule has 0 unspecified atom stereocenters. The monoisotopic (exact) mass is 222 g/mol. The zero-order valence-corrected chi connectivity index (χ0v) is 9.74. The number of esters is 1. The average Bonchev–Trinajstić information content (AvgIpc) is 2.62. The van der Waals surface area contributed by atoms with Crippen molar-refractivity contribution < 1.29 is 9.53 Å². The Labute approximate surface area is 91.4 Å². The van der Waals surface area contributed by atoms with Crippen LogP contribution < -0.4 is 5.30 Å². The summed E-state index contributed by atoms with van der Waals surface area (Å²) in [4.78, 5) is 11.3.